The number of aryl methyl sites for hydroxylation is 1. The fourth-order valence-electron chi connectivity index (χ4n) is 3.24. The Morgan fingerprint density at radius 2 is 1.96 bits per heavy atom. The molecule has 1 heterocycles. The van der Waals surface area contributed by atoms with Crippen molar-refractivity contribution in [2.75, 3.05) is 19.7 Å². The van der Waals surface area contributed by atoms with Crippen molar-refractivity contribution in [3.63, 3.8) is 0 Å². The highest BCUT2D eigenvalue weighted by Crippen LogP contribution is 2.25. The number of halogens is 1. The predicted octanol–water partition coefficient (Wildman–Crippen LogP) is 3.57. The van der Waals surface area contributed by atoms with Crippen LogP contribution in [0.15, 0.2) is 48.5 Å². The summed E-state index contributed by atoms with van der Waals surface area (Å²) in [5, 5.41) is 10.8. The average molecular weight is 357 g/mol. The maximum absolute atomic E-state index is 13.0. The minimum Gasteiger partial charge on any atom is -0.491 e. The van der Waals surface area contributed by atoms with Gasteiger partial charge in [0.25, 0.3) is 5.91 Å². The molecule has 4 nitrogen and oxygen atoms in total. The van der Waals surface area contributed by atoms with Gasteiger partial charge in [0.1, 0.15) is 23.8 Å². The number of likely N-dealkylation sites (tertiary alicyclic amines) is 1. The number of hydrogen-bond acceptors (Lipinski definition) is 3. The molecule has 1 aliphatic rings. The van der Waals surface area contributed by atoms with Gasteiger partial charge in [-0.3, -0.25) is 4.79 Å². The molecule has 1 amide bonds. The van der Waals surface area contributed by atoms with Crippen LogP contribution in [-0.4, -0.2) is 41.2 Å². The van der Waals surface area contributed by atoms with Gasteiger partial charge in [0, 0.05) is 18.7 Å². The molecule has 0 bridgehead atoms. The lowest BCUT2D eigenvalue weighted by molar-refractivity contribution is -0.0163. The lowest BCUT2D eigenvalue weighted by Crippen LogP contribution is -2.38. The quantitative estimate of drug-likeness (QED) is 0.910. The maximum atomic E-state index is 13.0. The highest BCUT2D eigenvalue weighted by Gasteiger charge is 2.32. The monoisotopic (exact) mass is 357 g/mol. The minimum atomic E-state index is -0.990. The summed E-state index contributed by atoms with van der Waals surface area (Å²) in [4.78, 5) is 14.5. The molecule has 1 aliphatic heterocycles. The van der Waals surface area contributed by atoms with E-state index < -0.39 is 5.60 Å². The van der Waals surface area contributed by atoms with Gasteiger partial charge in [-0.05, 0) is 62.6 Å². The standard InChI is InChI=1S/C21H24FNO3/c1-16-4-2-5-17(14-16)20(24)23-12-3-10-21(25,11-13-23)15-26-19-8-6-18(22)7-9-19/h2,4-9,14,25H,3,10-13,15H2,1H3. The van der Waals surface area contributed by atoms with Gasteiger partial charge in [-0.2, -0.15) is 0 Å². The second-order valence-electron chi connectivity index (χ2n) is 6.98. The first-order valence-electron chi connectivity index (χ1n) is 8.92. The third-order valence-electron chi connectivity index (χ3n) is 4.79. The highest BCUT2D eigenvalue weighted by atomic mass is 19.1. The first kappa shape index (κ1) is 18.4. The first-order chi connectivity index (χ1) is 12.5. The number of rotatable bonds is 4. The lowest BCUT2D eigenvalue weighted by Gasteiger charge is -2.27. The Labute approximate surface area is 153 Å². The number of aliphatic hydroxyl groups is 1. The third kappa shape index (κ3) is 4.61. The van der Waals surface area contributed by atoms with Gasteiger partial charge in [0.2, 0.25) is 0 Å². The summed E-state index contributed by atoms with van der Waals surface area (Å²) in [6, 6.07) is 13.3. The molecule has 0 spiro atoms. The summed E-state index contributed by atoms with van der Waals surface area (Å²) in [5.74, 6) is 0.199. The minimum absolute atomic E-state index is 0.00240. The summed E-state index contributed by atoms with van der Waals surface area (Å²) in [7, 11) is 0. The van der Waals surface area contributed by atoms with Crippen LogP contribution in [0.25, 0.3) is 0 Å². The van der Waals surface area contributed by atoms with E-state index in [1.54, 1.807) is 17.0 Å². The van der Waals surface area contributed by atoms with Crippen LogP contribution < -0.4 is 4.74 Å². The molecular weight excluding hydrogens is 333 g/mol. The molecule has 1 saturated heterocycles. The smallest absolute Gasteiger partial charge is 0.253 e. The van der Waals surface area contributed by atoms with Gasteiger partial charge >= 0.3 is 0 Å². The molecule has 2 aromatic rings. The van der Waals surface area contributed by atoms with Crippen molar-refractivity contribution >= 4 is 5.91 Å². The largest absolute Gasteiger partial charge is 0.491 e. The first-order valence-corrected chi connectivity index (χ1v) is 8.92. The van der Waals surface area contributed by atoms with Crippen LogP contribution >= 0.6 is 0 Å². The zero-order valence-corrected chi connectivity index (χ0v) is 15.0. The second-order valence-corrected chi connectivity index (χ2v) is 6.98. The Bertz CT molecular complexity index is 762. The van der Waals surface area contributed by atoms with Crippen LogP contribution in [0, 0.1) is 12.7 Å². The number of nitrogens with zero attached hydrogens (tertiary/aromatic N) is 1. The molecule has 1 N–H and O–H groups in total. The molecule has 0 aliphatic carbocycles. The summed E-state index contributed by atoms with van der Waals surface area (Å²) in [6.07, 6.45) is 1.72. The van der Waals surface area contributed by atoms with Crippen LogP contribution in [0.1, 0.15) is 35.2 Å². The normalized spacial score (nSPS) is 20.5. The summed E-state index contributed by atoms with van der Waals surface area (Å²) >= 11 is 0. The summed E-state index contributed by atoms with van der Waals surface area (Å²) < 4.78 is 18.6. The third-order valence-corrected chi connectivity index (χ3v) is 4.79. The van der Waals surface area contributed by atoms with E-state index in [0.717, 1.165) is 5.56 Å². The molecule has 2 aromatic carbocycles. The van der Waals surface area contributed by atoms with Crippen LogP contribution in [0.5, 0.6) is 5.75 Å². The lowest BCUT2D eigenvalue weighted by atomic mass is 9.96. The van der Waals surface area contributed by atoms with Gasteiger partial charge in [-0.15, -0.1) is 0 Å². The number of benzene rings is 2. The van der Waals surface area contributed by atoms with Crippen molar-refractivity contribution in [2.45, 2.75) is 31.8 Å². The van der Waals surface area contributed by atoms with Gasteiger partial charge in [0.05, 0.1) is 0 Å². The van der Waals surface area contributed by atoms with Crippen molar-refractivity contribution in [1.82, 2.24) is 4.90 Å². The van der Waals surface area contributed by atoms with E-state index >= 15 is 0 Å². The SMILES string of the molecule is Cc1cccc(C(=O)N2CCCC(O)(COc3ccc(F)cc3)CC2)c1. The number of amides is 1. The van der Waals surface area contributed by atoms with E-state index in [0.29, 0.717) is 43.7 Å². The van der Waals surface area contributed by atoms with E-state index in [9.17, 15) is 14.3 Å². The molecule has 3 rings (SSSR count). The highest BCUT2D eigenvalue weighted by molar-refractivity contribution is 5.94. The van der Waals surface area contributed by atoms with Crippen molar-refractivity contribution in [2.24, 2.45) is 0 Å². The molecule has 138 valence electrons. The number of carbonyl (C=O) groups excluding carboxylic acids is 1. The number of hydrogen-bond donors (Lipinski definition) is 1. The van der Waals surface area contributed by atoms with E-state index in [1.165, 1.54) is 12.1 Å². The van der Waals surface area contributed by atoms with Gasteiger partial charge < -0.3 is 14.7 Å². The molecular formula is C21H24FNO3. The molecule has 0 saturated carbocycles. The molecule has 0 aromatic heterocycles. The second kappa shape index (κ2) is 7.87. The van der Waals surface area contributed by atoms with E-state index in [2.05, 4.69) is 0 Å². The van der Waals surface area contributed by atoms with E-state index in [-0.39, 0.29) is 18.3 Å². The maximum Gasteiger partial charge on any atom is 0.253 e. The fraction of sp³-hybridized carbons (Fsp3) is 0.381. The molecule has 1 unspecified atom stereocenters. The van der Waals surface area contributed by atoms with Gasteiger partial charge in [-0.1, -0.05) is 17.7 Å². The molecule has 1 atom stereocenters. The van der Waals surface area contributed by atoms with Crippen LogP contribution in [0.3, 0.4) is 0 Å². The van der Waals surface area contributed by atoms with Crippen LogP contribution in [0.4, 0.5) is 4.39 Å². The molecule has 5 heteroatoms. The zero-order valence-electron chi connectivity index (χ0n) is 15.0. The van der Waals surface area contributed by atoms with Crippen molar-refractivity contribution in [1.29, 1.82) is 0 Å². The molecule has 26 heavy (non-hydrogen) atoms. The zero-order chi connectivity index (χ0) is 18.6. The van der Waals surface area contributed by atoms with Crippen LogP contribution in [-0.2, 0) is 0 Å². The summed E-state index contributed by atoms with van der Waals surface area (Å²) in [6.45, 7) is 3.19. The van der Waals surface area contributed by atoms with Crippen molar-refractivity contribution < 1.29 is 19.0 Å². The van der Waals surface area contributed by atoms with E-state index in [4.69, 9.17) is 4.74 Å². The van der Waals surface area contributed by atoms with Crippen molar-refractivity contribution in [3.05, 3.63) is 65.5 Å². The summed E-state index contributed by atoms with van der Waals surface area (Å²) in [5.41, 5.74) is 0.739. The topological polar surface area (TPSA) is 49.8 Å². The Kier molecular flexibility index (Phi) is 5.57. The Balaban J connectivity index is 1.59. The number of ether oxygens (including phenoxy) is 1. The predicted molar refractivity (Wildman–Crippen MR) is 97.8 cm³/mol. The fourth-order valence-corrected chi connectivity index (χ4v) is 3.24. The Morgan fingerprint density at radius 3 is 2.69 bits per heavy atom. The molecule has 1 fully saturated rings. The van der Waals surface area contributed by atoms with Gasteiger partial charge in [-0.25, -0.2) is 4.39 Å². The van der Waals surface area contributed by atoms with E-state index in [1.807, 2.05) is 31.2 Å². The Morgan fingerprint density at radius 1 is 1.19 bits per heavy atom. The Hall–Kier alpha value is -2.40. The van der Waals surface area contributed by atoms with Crippen molar-refractivity contribution in [3.8, 4) is 5.75 Å². The van der Waals surface area contributed by atoms with Gasteiger partial charge in [0.15, 0.2) is 0 Å². The number of carbonyl (C=O) groups is 1. The molecule has 0 radical (unpaired) electrons. The van der Waals surface area contributed by atoms with Crippen LogP contribution in [0.2, 0.25) is 0 Å². The average Bonchev–Trinajstić information content (AvgIpc) is 2.83.